The van der Waals surface area contributed by atoms with Crippen molar-refractivity contribution in [3.63, 3.8) is 0 Å². The average Bonchev–Trinajstić information content (AvgIpc) is 2.61. The molecule has 1 saturated heterocycles. The quantitative estimate of drug-likeness (QED) is 0.836. The predicted molar refractivity (Wildman–Crippen MR) is 87.5 cm³/mol. The van der Waals surface area contributed by atoms with Gasteiger partial charge < -0.3 is 4.90 Å². The van der Waals surface area contributed by atoms with Crippen LogP contribution in [0.25, 0.3) is 0 Å². The molecule has 2 aromatic carbocycles. The van der Waals surface area contributed by atoms with E-state index in [2.05, 4.69) is 0 Å². The minimum atomic E-state index is -4.29. The van der Waals surface area contributed by atoms with Gasteiger partial charge in [0.05, 0.1) is 0 Å². The molecular formula is C17H16F2N2O3S. The molecule has 1 aliphatic heterocycles. The Balaban J connectivity index is 1.75. The molecule has 0 aromatic heterocycles. The van der Waals surface area contributed by atoms with Crippen molar-refractivity contribution in [2.24, 2.45) is 0 Å². The first-order chi connectivity index (χ1) is 11.9. The third-order valence-corrected chi connectivity index (χ3v) is 6.01. The molecule has 0 N–H and O–H groups in total. The molecule has 132 valence electrons. The molecule has 1 heterocycles. The lowest BCUT2D eigenvalue weighted by Crippen LogP contribution is -2.50. The van der Waals surface area contributed by atoms with Gasteiger partial charge in [-0.05, 0) is 24.3 Å². The number of carbonyl (C=O) groups is 1. The summed E-state index contributed by atoms with van der Waals surface area (Å²) in [6.07, 6.45) is 0. The van der Waals surface area contributed by atoms with Crippen LogP contribution in [0.4, 0.5) is 8.78 Å². The average molecular weight is 366 g/mol. The fourth-order valence-electron chi connectivity index (χ4n) is 2.75. The van der Waals surface area contributed by atoms with E-state index in [0.717, 1.165) is 22.5 Å². The summed E-state index contributed by atoms with van der Waals surface area (Å²) in [4.78, 5) is 13.0. The van der Waals surface area contributed by atoms with Crippen LogP contribution in [0.15, 0.2) is 53.4 Å². The number of piperazine rings is 1. The van der Waals surface area contributed by atoms with Gasteiger partial charge >= 0.3 is 0 Å². The third-order valence-electron chi connectivity index (χ3n) is 4.06. The summed E-state index contributed by atoms with van der Waals surface area (Å²) in [5.74, 6) is -2.44. The summed E-state index contributed by atoms with van der Waals surface area (Å²) in [5, 5.41) is 0. The summed E-state index contributed by atoms with van der Waals surface area (Å²) in [6, 6.07) is 11.6. The Labute approximate surface area is 144 Å². The van der Waals surface area contributed by atoms with Gasteiger partial charge in [0.1, 0.15) is 11.6 Å². The van der Waals surface area contributed by atoms with Crippen molar-refractivity contribution in [3.05, 3.63) is 65.7 Å². The van der Waals surface area contributed by atoms with Crippen LogP contribution in [-0.4, -0.2) is 49.7 Å². The van der Waals surface area contributed by atoms with Gasteiger partial charge in [0.2, 0.25) is 10.0 Å². The van der Waals surface area contributed by atoms with Crippen molar-refractivity contribution in [1.29, 1.82) is 0 Å². The molecule has 2 aromatic rings. The zero-order valence-corrected chi connectivity index (χ0v) is 14.0. The summed E-state index contributed by atoms with van der Waals surface area (Å²) in [7, 11) is -4.29. The maximum absolute atomic E-state index is 13.8. The molecule has 0 bridgehead atoms. The van der Waals surface area contributed by atoms with Gasteiger partial charge in [0.15, 0.2) is 4.90 Å². The van der Waals surface area contributed by atoms with Crippen LogP contribution in [0.5, 0.6) is 0 Å². The van der Waals surface area contributed by atoms with E-state index in [-0.39, 0.29) is 32.1 Å². The Morgan fingerprint density at radius 3 is 1.96 bits per heavy atom. The monoisotopic (exact) mass is 366 g/mol. The number of rotatable bonds is 3. The number of carbonyl (C=O) groups excluding carboxylic acids is 1. The van der Waals surface area contributed by atoms with Gasteiger partial charge in [-0.2, -0.15) is 4.31 Å². The van der Waals surface area contributed by atoms with Gasteiger partial charge in [-0.1, -0.05) is 24.3 Å². The number of halogens is 2. The molecule has 1 aliphatic rings. The van der Waals surface area contributed by atoms with Crippen LogP contribution in [0.3, 0.4) is 0 Å². The van der Waals surface area contributed by atoms with Crippen LogP contribution in [0.1, 0.15) is 10.4 Å². The molecule has 1 amide bonds. The molecular weight excluding hydrogens is 350 g/mol. The van der Waals surface area contributed by atoms with Gasteiger partial charge in [0.25, 0.3) is 5.91 Å². The summed E-state index contributed by atoms with van der Waals surface area (Å²) >= 11 is 0. The fraction of sp³-hybridized carbons (Fsp3) is 0.235. The lowest BCUT2D eigenvalue weighted by Gasteiger charge is -2.34. The van der Waals surface area contributed by atoms with Crippen molar-refractivity contribution in [3.8, 4) is 0 Å². The van der Waals surface area contributed by atoms with E-state index in [1.807, 2.05) is 0 Å². The predicted octanol–water partition coefficient (Wildman–Crippen LogP) is 2.11. The highest BCUT2D eigenvalue weighted by atomic mass is 32.2. The highest BCUT2D eigenvalue weighted by molar-refractivity contribution is 7.89. The Morgan fingerprint density at radius 1 is 0.840 bits per heavy atom. The van der Waals surface area contributed by atoms with E-state index in [1.165, 1.54) is 4.90 Å². The first kappa shape index (κ1) is 17.5. The minimum absolute atomic E-state index is 0.0192. The van der Waals surface area contributed by atoms with Crippen LogP contribution in [0.2, 0.25) is 0 Å². The topological polar surface area (TPSA) is 57.7 Å². The lowest BCUT2D eigenvalue weighted by molar-refractivity contribution is 0.0697. The standard InChI is InChI=1S/C17H16F2N2O3S/c18-14-7-4-8-15(19)16(14)25(23,24)21-11-9-20(10-12-21)17(22)13-5-2-1-3-6-13/h1-8H,9-12H2. The third kappa shape index (κ3) is 3.40. The van der Waals surface area contributed by atoms with Gasteiger partial charge in [-0.15, -0.1) is 0 Å². The Kier molecular flexibility index (Phi) is 4.82. The van der Waals surface area contributed by atoms with Crippen molar-refractivity contribution < 1.29 is 22.0 Å². The van der Waals surface area contributed by atoms with E-state index in [9.17, 15) is 22.0 Å². The van der Waals surface area contributed by atoms with E-state index >= 15 is 0 Å². The zero-order valence-electron chi connectivity index (χ0n) is 13.2. The molecule has 25 heavy (non-hydrogen) atoms. The fourth-order valence-corrected chi connectivity index (χ4v) is 4.28. The van der Waals surface area contributed by atoms with E-state index in [4.69, 9.17) is 0 Å². The largest absolute Gasteiger partial charge is 0.336 e. The maximum atomic E-state index is 13.8. The molecule has 0 atom stereocenters. The van der Waals surface area contributed by atoms with E-state index in [0.29, 0.717) is 5.56 Å². The molecule has 1 fully saturated rings. The number of benzene rings is 2. The number of nitrogens with zero attached hydrogens (tertiary/aromatic N) is 2. The second kappa shape index (κ2) is 6.89. The number of hydrogen-bond donors (Lipinski definition) is 0. The Hall–Kier alpha value is -2.32. The van der Waals surface area contributed by atoms with E-state index in [1.54, 1.807) is 30.3 Å². The smallest absolute Gasteiger partial charge is 0.253 e. The normalized spacial score (nSPS) is 16.0. The van der Waals surface area contributed by atoms with Gasteiger partial charge in [-0.3, -0.25) is 4.79 Å². The van der Waals surface area contributed by atoms with E-state index < -0.39 is 26.6 Å². The SMILES string of the molecule is O=C(c1ccccc1)N1CCN(S(=O)(=O)c2c(F)cccc2F)CC1. The van der Waals surface area contributed by atoms with Gasteiger partial charge in [-0.25, -0.2) is 17.2 Å². The molecule has 3 rings (SSSR count). The molecule has 0 unspecified atom stereocenters. The summed E-state index contributed by atoms with van der Waals surface area (Å²) in [5.41, 5.74) is 0.513. The summed E-state index contributed by atoms with van der Waals surface area (Å²) in [6.45, 7) is 0.273. The molecule has 5 nitrogen and oxygen atoms in total. The van der Waals surface area contributed by atoms with Crippen molar-refractivity contribution >= 4 is 15.9 Å². The van der Waals surface area contributed by atoms with Crippen LogP contribution in [-0.2, 0) is 10.0 Å². The maximum Gasteiger partial charge on any atom is 0.253 e. The molecule has 0 radical (unpaired) electrons. The zero-order chi connectivity index (χ0) is 18.0. The Morgan fingerprint density at radius 2 is 1.40 bits per heavy atom. The van der Waals surface area contributed by atoms with Crippen LogP contribution in [0, 0.1) is 11.6 Å². The first-order valence-electron chi connectivity index (χ1n) is 7.70. The second-order valence-electron chi connectivity index (χ2n) is 5.61. The van der Waals surface area contributed by atoms with Gasteiger partial charge in [0, 0.05) is 31.7 Å². The highest BCUT2D eigenvalue weighted by Crippen LogP contribution is 2.23. The molecule has 8 heteroatoms. The number of sulfonamides is 1. The minimum Gasteiger partial charge on any atom is -0.336 e. The molecule has 0 aliphatic carbocycles. The van der Waals surface area contributed by atoms with Crippen LogP contribution < -0.4 is 0 Å². The highest BCUT2D eigenvalue weighted by Gasteiger charge is 2.34. The first-order valence-corrected chi connectivity index (χ1v) is 9.14. The lowest BCUT2D eigenvalue weighted by atomic mass is 10.2. The van der Waals surface area contributed by atoms with Crippen LogP contribution >= 0.6 is 0 Å². The molecule has 0 spiro atoms. The Bertz CT molecular complexity index is 860. The number of hydrogen-bond acceptors (Lipinski definition) is 3. The molecule has 0 saturated carbocycles. The second-order valence-corrected chi connectivity index (χ2v) is 7.49. The van der Waals surface area contributed by atoms with Crippen molar-refractivity contribution in [2.75, 3.05) is 26.2 Å². The summed E-state index contributed by atoms with van der Waals surface area (Å²) < 4.78 is 53.7. The number of amides is 1. The van der Waals surface area contributed by atoms with Crippen molar-refractivity contribution in [2.45, 2.75) is 4.90 Å². The van der Waals surface area contributed by atoms with Crippen molar-refractivity contribution in [1.82, 2.24) is 9.21 Å².